The normalized spacial score (nSPS) is 13.9. The maximum Gasteiger partial charge on any atom is 0.419 e. The number of fused-ring (bicyclic) bond motifs is 1. The van der Waals surface area contributed by atoms with Gasteiger partial charge in [0.1, 0.15) is 11.5 Å². The first kappa shape index (κ1) is 26.4. The molecule has 2 aromatic carbocycles. The molecule has 3 nitrogen and oxygen atoms in total. The molecule has 0 aliphatic heterocycles. The summed E-state index contributed by atoms with van der Waals surface area (Å²) in [7, 11) is -3.87. The Kier molecular flexibility index (Phi) is 8.12. The Morgan fingerprint density at radius 3 is 2.18 bits per heavy atom. The molecule has 0 spiro atoms. The third kappa shape index (κ3) is 6.06. The van der Waals surface area contributed by atoms with Gasteiger partial charge in [0.05, 0.1) is 17.8 Å². The van der Waals surface area contributed by atoms with Gasteiger partial charge in [0.2, 0.25) is 0 Å². The summed E-state index contributed by atoms with van der Waals surface area (Å²) in [5, 5.41) is 0.887. The SMILES string of the molecule is CC(C)OP(=O)(OC(C)C)C(Cc1ccc(F)c(C(F)(F)F)c1)c1sc2ccccc2c1Br. The summed E-state index contributed by atoms with van der Waals surface area (Å²) in [4.78, 5) is 0.638. The zero-order valence-electron chi connectivity index (χ0n) is 18.5. The van der Waals surface area contributed by atoms with Crippen molar-refractivity contribution in [2.45, 2.75) is 58.2 Å². The lowest BCUT2D eigenvalue weighted by Gasteiger charge is -2.30. The molecule has 0 saturated carbocycles. The van der Waals surface area contributed by atoms with E-state index in [1.165, 1.54) is 17.4 Å². The zero-order valence-corrected chi connectivity index (χ0v) is 21.7. The molecule has 0 saturated heterocycles. The van der Waals surface area contributed by atoms with Gasteiger partial charge in [-0.1, -0.05) is 24.3 Å². The van der Waals surface area contributed by atoms with Crippen molar-refractivity contribution in [1.82, 2.24) is 0 Å². The molecule has 1 heterocycles. The lowest BCUT2D eigenvalue weighted by atomic mass is 10.0. The number of rotatable bonds is 8. The molecule has 0 N–H and O–H groups in total. The molecule has 1 atom stereocenters. The molecular weight excluding hydrogens is 543 g/mol. The van der Waals surface area contributed by atoms with Gasteiger partial charge in [-0.25, -0.2) is 4.39 Å². The predicted molar refractivity (Wildman–Crippen MR) is 127 cm³/mol. The van der Waals surface area contributed by atoms with Gasteiger partial charge in [-0.05, 0) is 73.8 Å². The van der Waals surface area contributed by atoms with Crippen LogP contribution in [-0.4, -0.2) is 12.2 Å². The van der Waals surface area contributed by atoms with Crippen molar-refractivity contribution in [2.75, 3.05) is 0 Å². The number of hydrogen-bond acceptors (Lipinski definition) is 4. The molecule has 1 unspecified atom stereocenters. The Hall–Kier alpha value is -1.25. The quantitative estimate of drug-likeness (QED) is 0.201. The molecule has 1 aromatic heterocycles. The fourth-order valence-electron chi connectivity index (χ4n) is 3.49. The minimum absolute atomic E-state index is 0.0918. The van der Waals surface area contributed by atoms with Crippen molar-refractivity contribution >= 4 is 44.9 Å². The van der Waals surface area contributed by atoms with E-state index in [9.17, 15) is 22.1 Å². The number of benzene rings is 2. The summed E-state index contributed by atoms with van der Waals surface area (Å²) in [6, 6.07) is 10.4. The van der Waals surface area contributed by atoms with Crippen LogP contribution in [0.1, 0.15) is 49.4 Å². The van der Waals surface area contributed by atoms with Gasteiger partial charge in [0.25, 0.3) is 0 Å². The minimum atomic E-state index is -4.85. The van der Waals surface area contributed by atoms with Crippen LogP contribution in [0.3, 0.4) is 0 Å². The van der Waals surface area contributed by atoms with Crippen LogP contribution >= 0.6 is 34.9 Å². The molecular formula is C23H24BrF4O3PS. The lowest BCUT2D eigenvalue weighted by Crippen LogP contribution is -2.16. The van der Waals surface area contributed by atoms with Crippen molar-refractivity contribution in [3.63, 3.8) is 0 Å². The molecule has 0 amide bonds. The van der Waals surface area contributed by atoms with E-state index >= 15 is 0 Å². The fraction of sp³-hybridized carbons (Fsp3) is 0.391. The van der Waals surface area contributed by atoms with Crippen LogP contribution in [0.5, 0.6) is 0 Å². The Morgan fingerprint density at radius 1 is 1.03 bits per heavy atom. The highest BCUT2D eigenvalue weighted by Crippen LogP contribution is 2.66. The van der Waals surface area contributed by atoms with E-state index in [1.807, 2.05) is 24.3 Å². The van der Waals surface area contributed by atoms with Crippen molar-refractivity contribution < 1.29 is 31.2 Å². The molecule has 33 heavy (non-hydrogen) atoms. The first-order chi connectivity index (χ1) is 15.3. The fourth-order valence-corrected chi connectivity index (χ4v) is 8.67. The van der Waals surface area contributed by atoms with E-state index in [4.69, 9.17) is 9.05 Å². The maximum atomic E-state index is 14.2. The van der Waals surface area contributed by atoms with Crippen LogP contribution in [0.15, 0.2) is 46.9 Å². The van der Waals surface area contributed by atoms with Crippen molar-refractivity contribution in [1.29, 1.82) is 0 Å². The summed E-state index contributed by atoms with van der Waals surface area (Å²) >= 11 is 4.96. The standard InChI is InChI=1S/C23H24BrF4O3PS/c1-13(2)30-32(29,31-14(3)4)19(22-21(24)16-7-5-6-8-20(16)33-22)12-15-9-10-18(25)17(11-15)23(26,27)28/h5-11,13-14,19H,12H2,1-4H3. The molecule has 3 aromatic rings. The van der Waals surface area contributed by atoms with Crippen LogP contribution in [0.2, 0.25) is 0 Å². The van der Waals surface area contributed by atoms with Crippen LogP contribution in [0, 0.1) is 5.82 Å². The van der Waals surface area contributed by atoms with Crippen molar-refractivity contribution in [3.8, 4) is 0 Å². The van der Waals surface area contributed by atoms with Crippen molar-refractivity contribution in [2.24, 2.45) is 0 Å². The molecule has 0 bridgehead atoms. The average Bonchev–Trinajstić information content (AvgIpc) is 3.01. The molecule has 10 heteroatoms. The minimum Gasteiger partial charge on any atom is -0.305 e. The second-order valence-corrected chi connectivity index (χ2v) is 12.2. The Labute approximate surface area is 202 Å². The molecule has 3 rings (SSSR count). The Morgan fingerprint density at radius 2 is 1.64 bits per heavy atom. The highest BCUT2D eigenvalue weighted by atomic mass is 79.9. The van der Waals surface area contributed by atoms with Gasteiger partial charge >= 0.3 is 13.8 Å². The van der Waals surface area contributed by atoms with E-state index in [0.717, 1.165) is 22.2 Å². The van der Waals surface area contributed by atoms with Crippen LogP contribution < -0.4 is 0 Å². The number of hydrogen-bond donors (Lipinski definition) is 0. The largest absolute Gasteiger partial charge is 0.419 e. The van der Waals surface area contributed by atoms with Crippen LogP contribution in [0.4, 0.5) is 17.6 Å². The topological polar surface area (TPSA) is 35.5 Å². The average molecular weight is 567 g/mol. The molecule has 0 radical (unpaired) electrons. The van der Waals surface area contributed by atoms with E-state index in [1.54, 1.807) is 27.7 Å². The van der Waals surface area contributed by atoms with Gasteiger partial charge < -0.3 is 9.05 Å². The van der Waals surface area contributed by atoms with Crippen LogP contribution in [0.25, 0.3) is 10.1 Å². The van der Waals surface area contributed by atoms with Crippen LogP contribution in [-0.2, 0) is 26.2 Å². The summed E-state index contributed by atoms with van der Waals surface area (Å²) in [5.74, 6) is -1.36. The highest BCUT2D eigenvalue weighted by Gasteiger charge is 2.42. The smallest absolute Gasteiger partial charge is 0.305 e. The Balaban J connectivity index is 2.19. The van der Waals surface area contributed by atoms with E-state index in [-0.39, 0.29) is 12.0 Å². The number of halogens is 5. The lowest BCUT2D eigenvalue weighted by molar-refractivity contribution is -0.140. The zero-order chi connectivity index (χ0) is 24.6. The summed E-state index contributed by atoms with van der Waals surface area (Å²) < 4.78 is 81.3. The van der Waals surface area contributed by atoms with Crippen molar-refractivity contribution in [3.05, 3.63) is 68.8 Å². The van der Waals surface area contributed by atoms with E-state index < -0.39 is 43.0 Å². The summed E-state index contributed by atoms with van der Waals surface area (Å²) in [6.07, 6.45) is -5.85. The van der Waals surface area contributed by atoms with Gasteiger partial charge in [-0.15, -0.1) is 11.3 Å². The highest BCUT2D eigenvalue weighted by molar-refractivity contribution is 9.10. The third-order valence-electron chi connectivity index (χ3n) is 4.72. The molecule has 0 aliphatic carbocycles. The van der Waals surface area contributed by atoms with Gasteiger partial charge in [0, 0.05) is 19.4 Å². The second kappa shape index (κ2) is 10.2. The predicted octanol–water partition coefficient (Wildman–Crippen LogP) is 9.15. The molecule has 180 valence electrons. The molecule has 0 aliphatic rings. The first-order valence-corrected chi connectivity index (χ1v) is 13.5. The van der Waals surface area contributed by atoms with Gasteiger partial charge in [0.15, 0.2) is 0 Å². The summed E-state index contributed by atoms with van der Waals surface area (Å²) in [6.45, 7) is 6.86. The van der Waals surface area contributed by atoms with E-state index in [2.05, 4.69) is 15.9 Å². The maximum absolute atomic E-state index is 14.2. The van der Waals surface area contributed by atoms with Gasteiger partial charge in [-0.3, -0.25) is 4.57 Å². The monoisotopic (exact) mass is 566 g/mol. The van der Waals surface area contributed by atoms with E-state index in [0.29, 0.717) is 9.35 Å². The molecule has 0 fully saturated rings. The second-order valence-electron chi connectivity index (χ2n) is 8.16. The van der Waals surface area contributed by atoms with Gasteiger partial charge in [-0.2, -0.15) is 13.2 Å². The number of alkyl halides is 3. The third-order valence-corrected chi connectivity index (χ3v) is 9.94. The number of thiophene rings is 1. The first-order valence-electron chi connectivity index (χ1n) is 10.3. The Bertz CT molecular complexity index is 1160. The summed E-state index contributed by atoms with van der Waals surface area (Å²) in [5.41, 5.74) is -2.09.